The SMILES string of the molecule is COc1ccccc1C(=O)c1cc(Cl)ccc1N=CC[N+](=O)[O-]. The molecule has 0 saturated heterocycles. The zero-order valence-corrected chi connectivity index (χ0v) is 13.0. The number of ketones is 1. The molecule has 2 aromatic rings. The van der Waals surface area contributed by atoms with Crippen LogP contribution in [0.2, 0.25) is 5.02 Å². The van der Waals surface area contributed by atoms with Gasteiger partial charge in [-0.25, -0.2) is 0 Å². The third-order valence-corrected chi connectivity index (χ3v) is 3.25. The summed E-state index contributed by atoms with van der Waals surface area (Å²) in [6.07, 6.45) is 1.14. The molecule has 0 spiro atoms. The second-order valence-electron chi connectivity index (χ2n) is 4.52. The van der Waals surface area contributed by atoms with Gasteiger partial charge in [0, 0.05) is 15.5 Å². The highest BCUT2D eigenvalue weighted by atomic mass is 35.5. The van der Waals surface area contributed by atoms with Gasteiger partial charge in [0.15, 0.2) is 5.78 Å². The molecule has 0 bridgehead atoms. The van der Waals surface area contributed by atoms with Gasteiger partial charge in [-0.1, -0.05) is 23.7 Å². The summed E-state index contributed by atoms with van der Waals surface area (Å²) in [5.74, 6) is 0.107. The summed E-state index contributed by atoms with van der Waals surface area (Å²) in [6.45, 7) is -0.426. The molecule has 0 atom stereocenters. The van der Waals surface area contributed by atoms with Crippen molar-refractivity contribution in [3.05, 3.63) is 68.7 Å². The van der Waals surface area contributed by atoms with E-state index in [1.807, 2.05) is 0 Å². The van der Waals surface area contributed by atoms with Crippen LogP contribution in [0.3, 0.4) is 0 Å². The van der Waals surface area contributed by atoms with E-state index < -0.39 is 11.5 Å². The zero-order valence-electron chi connectivity index (χ0n) is 12.2. The quantitative estimate of drug-likeness (QED) is 0.350. The van der Waals surface area contributed by atoms with Crippen LogP contribution in [-0.2, 0) is 0 Å². The fourth-order valence-electron chi connectivity index (χ4n) is 1.99. The van der Waals surface area contributed by atoms with Crippen LogP contribution in [0.4, 0.5) is 5.69 Å². The van der Waals surface area contributed by atoms with E-state index in [1.165, 1.54) is 13.2 Å². The third-order valence-electron chi connectivity index (χ3n) is 3.02. The molecule has 0 aliphatic heterocycles. The van der Waals surface area contributed by atoms with Crippen molar-refractivity contribution in [1.29, 1.82) is 0 Å². The molecular formula is C16H13ClN2O4. The number of carbonyl (C=O) groups excluding carboxylic acids is 1. The first-order chi connectivity index (χ1) is 11.0. The first-order valence-corrected chi connectivity index (χ1v) is 7.02. The van der Waals surface area contributed by atoms with E-state index in [2.05, 4.69) is 4.99 Å². The van der Waals surface area contributed by atoms with E-state index in [-0.39, 0.29) is 11.3 Å². The number of aliphatic imine (C=N–C) groups is 1. The number of halogens is 1. The van der Waals surface area contributed by atoms with Crippen LogP contribution in [0.1, 0.15) is 15.9 Å². The third kappa shape index (κ3) is 4.14. The van der Waals surface area contributed by atoms with Crippen LogP contribution >= 0.6 is 11.6 Å². The fraction of sp³-hybridized carbons (Fsp3) is 0.125. The number of nitrogens with zero attached hydrogens (tertiary/aromatic N) is 2. The van der Waals surface area contributed by atoms with E-state index in [1.54, 1.807) is 36.4 Å². The van der Waals surface area contributed by atoms with Crippen LogP contribution < -0.4 is 4.74 Å². The molecule has 6 nitrogen and oxygen atoms in total. The van der Waals surface area contributed by atoms with Gasteiger partial charge in [-0.2, -0.15) is 0 Å². The Morgan fingerprint density at radius 2 is 2.04 bits per heavy atom. The van der Waals surface area contributed by atoms with Crippen LogP contribution in [0.15, 0.2) is 47.5 Å². The second-order valence-corrected chi connectivity index (χ2v) is 4.95. The molecule has 0 amide bonds. The average Bonchev–Trinajstić information content (AvgIpc) is 2.55. The number of hydrogen-bond donors (Lipinski definition) is 0. The molecule has 23 heavy (non-hydrogen) atoms. The van der Waals surface area contributed by atoms with Crippen molar-refractivity contribution in [1.82, 2.24) is 0 Å². The zero-order chi connectivity index (χ0) is 16.8. The Bertz CT molecular complexity index is 774. The largest absolute Gasteiger partial charge is 0.496 e. The molecule has 0 aliphatic carbocycles. The molecule has 118 valence electrons. The molecule has 0 saturated carbocycles. The van der Waals surface area contributed by atoms with E-state index in [0.29, 0.717) is 22.0 Å². The highest BCUT2D eigenvalue weighted by molar-refractivity contribution is 6.31. The summed E-state index contributed by atoms with van der Waals surface area (Å²) in [7, 11) is 1.47. The summed E-state index contributed by atoms with van der Waals surface area (Å²) in [4.78, 5) is 26.6. The molecule has 0 unspecified atom stereocenters. The van der Waals surface area contributed by atoms with Gasteiger partial charge in [-0.05, 0) is 30.3 Å². The minimum atomic E-state index is -0.513. The van der Waals surface area contributed by atoms with Crippen molar-refractivity contribution >= 4 is 29.3 Å². The van der Waals surface area contributed by atoms with E-state index in [0.717, 1.165) is 6.21 Å². The molecule has 0 radical (unpaired) electrons. The van der Waals surface area contributed by atoms with Gasteiger partial charge >= 0.3 is 0 Å². The summed E-state index contributed by atoms with van der Waals surface area (Å²) in [5.41, 5.74) is 0.928. The minimum Gasteiger partial charge on any atom is -0.496 e. The molecule has 0 heterocycles. The van der Waals surface area contributed by atoms with Crippen LogP contribution in [0.25, 0.3) is 0 Å². The Labute approximate surface area is 137 Å². The molecular weight excluding hydrogens is 320 g/mol. The Balaban J connectivity index is 2.45. The second kappa shape index (κ2) is 7.51. The Kier molecular flexibility index (Phi) is 5.43. The molecule has 0 aromatic heterocycles. The van der Waals surface area contributed by atoms with Crippen LogP contribution in [0, 0.1) is 10.1 Å². The maximum absolute atomic E-state index is 12.7. The number of rotatable bonds is 6. The lowest BCUT2D eigenvalue weighted by molar-refractivity contribution is -0.462. The van der Waals surface area contributed by atoms with Gasteiger partial charge in [0.25, 0.3) is 0 Å². The standard InChI is InChI=1S/C16H13ClN2O4/c1-23-15-5-3-2-4-12(15)16(20)13-10-11(17)6-7-14(13)18-8-9-19(21)22/h2-8,10H,9H2,1H3. The van der Waals surface area contributed by atoms with Gasteiger partial charge in [0.2, 0.25) is 6.54 Å². The number of para-hydroxylation sites is 1. The van der Waals surface area contributed by atoms with E-state index in [4.69, 9.17) is 16.3 Å². The lowest BCUT2D eigenvalue weighted by Crippen LogP contribution is -2.05. The summed E-state index contributed by atoms with van der Waals surface area (Å²) >= 11 is 5.96. The molecule has 0 aliphatic rings. The van der Waals surface area contributed by atoms with E-state index >= 15 is 0 Å². The lowest BCUT2D eigenvalue weighted by atomic mass is 10.0. The number of carbonyl (C=O) groups is 1. The van der Waals surface area contributed by atoms with E-state index in [9.17, 15) is 14.9 Å². The maximum atomic E-state index is 12.7. The average molecular weight is 333 g/mol. The highest BCUT2D eigenvalue weighted by Gasteiger charge is 2.17. The van der Waals surface area contributed by atoms with Gasteiger partial charge in [0.05, 0.1) is 24.6 Å². The van der Waals surface area contributed by atoms with Crippen molar-refractivity contribution in [2.24, 2.45) is 4.99 Å². The Morgan fingerprint density at radius 3 is 2.74 bits per heavy atom. The van der Waals surface area contributed by atoms with Crippen molar-refractivity contribution in [3.8, 4) is 5.75 Å². The van der Waals surface area contributed by atoms with Gasteiger partial charge in [-0.3, -0.25) is 19.9 Å². The van der Waals surface area contributed by atoms with Crippen molar-refractivity contribution in [3.63, 3.8) is 0 Å². The normalized spacial score (nSPS) is 10.7. The minimum absolute atomic E-state index is 0.251. The molecule has 0 N–H and O–H groups in total. The predicted molar refractivity (Wildman–Crippen MR) is 87.9 cm³/mol. The predicted octanol–water partition coefficient (Wildman–Crippen LogP) is 3.56. The Morgan fingerprint density at radius 1 is 1.30 bits per heavy atom. The van der Waals surface area contributed by atoms with Gasteiger partial charge < -0.3 is 4.74 Å². The van der Waals surface area contributed by atoms with Crippen molar-refractivity contribution < 1.29 is 14.5 Å². The summed E-state index contributed by atoms with van der Waals surface area (Å²) in [5, 5.41) is 10.7. The van der Waals surface area contributed by atoms with Gasteiger partial charge in [-0.15, -0.1) is 0 Å². The number of hydrogen-bond acceptors (Lipinski definition) is 5. The number of methoxy groups -OCH3 is 1. The smallest absolute Gasteiger partial charge is 0.238 e. The maximum Gasteiger partial charge on any atom is 0.238 e. The topological polar surface area (TPSA) is 81.8 Å². The molecule has 7 heteroatoms. The first-order valence-electron chi connectivity index (χ1n) is 6.64. The molecule has 2 rings (SSSR count). The van der Waals surface area contributed by atoms with Crippen molar-refractivity contribution in [2.45, 2.75) is 0 Å². The van der Waals surface area contributed by atoms with Crippen LogP contribution in [0.5, 0.6) is 5.75 Å². The van der Waals surface area contributed by atoms with Crippen LogP contribution in [-0.4, -0.2) is 30.6 Å². The monoisotopic (exact) mass is 332 g/mol. The highest BCUT2D eigenvalue weighted by Crippen LogP contribution is 2.28. The first kappa shape index (κ1) is 16.6. The number of benzene rings is 2. The molecule has 2 aromatic carbocycles. The van der Waals surface area contributed by atoms with Gasteiger partial charge in [0.1, 0.15) is 5.75 Å². The summed E-state index contributed by atoms with van der Waals surface area (Å²) in [6, 6.07) is 11.4. The number of ether oxygens (including phenoxy) is 1. The lowest BCUT2D eigenvalue weighted by Gasteiger charge is -2.09. The number of nitro groups is 1. The summed E-state index contributed by atoms with van der Waals surface area (Å²) < 4.78 is 5.19. The van der Waals surface area contributed by atoms with Crippen molar-refractivity contribution in [2.75, 3.05) is 13.7 Å². The Hall–Kier alpha value is -2.73. The fourth-order valence-corrected chi connectivity index (χ4v) is 2.16. The molecule has 0 fully saturated rings.